The molecule has 0 bridgehead atoms. The number of ether oxygens (including phenoxy) is 1. The molecule has 2 aromatic carbocycles. The zero-order chi connectivity index (χ0) is 16.8. The number of carbonyl (C=O) groups is 2. The van der Waals surface area contributed by atoms with Crippen molar-refractivity contribution < 1.29 is 19.4 Å². The maximum Gasteiger partial charge on any atom is 0.326 e. The van der Waals surface area contributed by atoms with Gasteiger partial charge in [-0.1, -0.05) is 37.3 Å². The van der Waals surface area contributed by atoms with Crippen molar-refractivity contribution in [3.63, 3.8) is 0 Å². The minimum Gasteiger partial charge on any atom is -0.493 e. The number of hydrogen-bond donors (Lipinski definition) is 2. The van der Waals surface area contributed by atoms with Gasteiger partial charge in [0.1, 0.15) is 11.8 Å². The summed E-state index contributed by atoms with van der Waals surface area (Å²) >= 11 is 0. The number of benzene rings is 2. The molecule has 0 aromatic heterocycles. The fraction of sp³-hybridized carbons (Fsp3) is 0.333. The number of carboxylic acid groups (broad SMARTS) is 1. The summed E-state index contributed by atoms with van der Waals surface area (Å²) in [6.07, 6.45) is 1.04. The minimum absolute atomic E-state index is 0.176. The van der Waals surface area contributed by atoms with E-state index in [1.807, 2.05) is 43.3 Å². The van der Waals surface area contributed by atoms with Crippen LogP contribution in [0.15, 0.2) is 36.4 Å². The highest BCUT2D eigenvalue weighted by molar-refractivity contribution is 5.89. The Hall–Kier alpha value is -2.56. The van der Waals surface area contributed by atoms with Crippen molar-refractivity contribution in [2.75, 3.05) is 6.61 Å². The van der Waals surface area contributed by atoms with E-state index in [4.69, 9.17) is 4.74 Å². The van der Waals surface area contributed by atoms with Crippen LogP contribution in [0.25, 0.3) is 10.8 Å². The molecule has 2 rings (SSSR count). The largest absolute Gasteiger partial charge is 0.493 e. The Morgan fingerprint density at radius 1 is 1.22 bits per heavy atom. The van der Waals surface area contributed by atoms with Crippen LogP contribution in [0, 0.1) is 0 Å². The normalized spacial score (nSPS) is 11.9. The van der Waals surface area contributed by atoms with E-state index >= 15 is 0 Å². The molecule has 0 spiro atoms. The zero-order valence-corrected chi connectivity index (χ0v) is 13.3. The third-order valence-corrected chi connectivity index (χ3v) is 3.54. The lowest BCUT2D eigenvalue weighted by atomic mass is 9.97. The van der Waals surface area contributed by atoms with Crippen LogP contribution in [-0.4, -0.2) is 29.6 Å². The molecule has 0 saturated heterocycles. The smallest absolute Gasteiger partial charge is 0.326 e. The van der Waals surface area contributed by atoms with Gasteiger partial charge in [0, 0.05) is 18.9 Å². The van der Waals surface area contributed by atoms with Crippen LogP contribution >= 0.6 is 0 Å². The molecule has 2 N–H and O–H groups in total. The van der Waals surface area contributed by atoms with Gasteiger partial charge in [0.2, 0.25) is 5.91 Å². The van der Waals surface area contributed by atoms with Crippen molar-refractivity contribution in [2.24, 2.45) is 0 Å². The quantitative estimate of drug-likeness (QED) is 0.824. The summed E-state index contributed by atoms with van der Waals surface area (Å²) in [5, 5.41) is 13.8. The number of hydrogen-bond acceptors (Lipinski definition) is 3. The van der Waals surface area contributed by atoms with E-state index in [-0.39, 0.29) is 12.3 Å². The topological polar surface area (TPSA) is 75.6 Å². The molecule has 0 fully saturated rings. The molecule has 122 valence electrons. The number of carbonyl (C=O) groups excluding carboxylic acids is 1. The van der Waals surface area contributed by atoms with Gasteiger partial charge >= 0.3 is 5.97 Å². The third-order valence-electron chi connectivity index (χ3n) is 3.54. The lowest BCUT2D eigenvalue weighted by Crippen LogP contribution is -2.41. The van der Waals surface area contributed by atoms with Crippen molar-refractivity contribution in [1.82, 2.24) is 5.32 Å². The standard InChI is InChI=1S/C18H21NO4/c1-3-10-23-17-9-8-13-6-4-5-7-14(13)15(17)11-16(18(21)22)19-12(2)20/h4-9,16H,3,10-11H2,1-2H3,(H,19,20)(H,21,22). The second-order valence-electron chi connectivity index (χ2n) is 5.41. The van der Waals surface area contributed by atoms with Crippen molar-refractivity contribution >= 4 is 22.6 Å². The van der Waals surface area contributed by atoms with Gasteiger partial charge in [0.05, 0.1) is 6.61 Å². The summed E-state index contributed by atoms with van der Waals surface area (Å²) in [7, 11) is 0. The van der Waals surface area contributed by atoms with Crippen LogP contribution in [0.3, 0.4) is 0 Å². The summed E-state index contributed by atoms with van der Waals surface area (Å²) in [6, 6.07) is 10.6. The first kappa shape index (κ1) is 16.8. The van der Waals surface area contributed by atoms with Crippen molar-refractivity contribution in [3.05, 3.63) is 42.0 Å². The molecule has 1 atom stereocenters. The van der Waals surface area contributed by atoms with Crippen LogP contribution in [-0.2, 0) is 16.0 Å². The van der Waals surface area contributed by atoms with Crippen LogP contribution in [0.5, 0.6) is 5.75 Å². The molecule has 23 heavy (non-hydrogen) atoms. The molecule has 0 aliphatic carbocycles. The van der Waals surface area contributed by atoms with Crippen LogP contribution in [0.4, 0.5) is 0 Å². The number of rotatable bonds is 7. The van der Waals surface area contributed by atoms with Gasteiger partial charge in [0.15, 0.2) is 0 Å². The molecule has 5 nitrogen and oxygen atoms in total. The van der Waals surface area contributed by atoms with E-state index in [9.17, 15) is 14.7 Å². The first-order chi connectivity index (χ1) is 11.0. The van der Waals surface area contributed by atoms with Gasteiger partial charge in [-0.25, -0.2) is 4.79 Å². The van der Waals surface area contributed by atoms with Crippen LogP contribution in [0.2, 0.25) is 0 Å². The number of nitrogens with one attached hydrogen (secondary N) is 1. The Bertz CT molecular complexity index is 711. The van der Waals surface area contributed by atoms with Crippen molar-refractivity contribution in [1.29, 1.82) is 0 Å². The van der Waals surface area contributed by atoms with E-state index in [0.29, 0.717) is 12.4 Å². The van der Waals surface area contributed by atoms with Crippen LogP contribution in [0.1, 0.15) is 25.8 Å². The lowest BCUT2D eigenvalue weighted by Gasteiger charge is -2.18. The molecule has 2 aromatic rings. The van der Waals surface area contributed by atoms with Crippen molar-refractivity contribution in [2.45, 2.75) is 32.7 Å². The molecule has 0 radical (unpaired) electrons. The van der Waals surface area contributed by atoms with Gasteiger partial charge < -0.3 is 15.2 Å². The highest BCUT2D eigenvalue weighted by Gasteiger charge is 2.22. The number of amides is 1. The fourth-order valence-electron chi connectivity index (χ4n) is 2.52. The van der Waals surface area contributed by atoms with Gasteiger partial charge in [-0.05, 0) is 23.3 Å². The third kappa shape index (κ3) is 4.22. The maximum absolute atomic E-state index is 11.4. The Morgan fingerprint density at radius 2 is 1.96 bits per heavy atom. The summed E-state index contributed by atoms with van der Waals surface area (Å²) in [6.45, 7) is 3.88. The van der Waals surface area contributed by atoms with Gasteiger partial charge in [-0.15, -0.1) is 0 Å². The van der Waals surface area contributed by atoms with E-state index in [0.717, 1.165) is 22.8 Å². The molecule has 5 heteroatoms. The molecular weight excluding hydrogens is 294 g/mol. The molecular formula is C18H21NO4. The van der Waals surface area contributed by atoms with Gasteiger partial charge in [-0.3, -0.25) is 4.79 Å². The fourth-order valence-corrected chi connectivity index (χ4v) is 2.52. The maximum atomic E-state index is 11.4. The van der Waals surface area contributed by atoms with E-state index in [1.165, 1.54) is 6.92 Å². The molecule has 1 unspecified atom stereocenters. The lowest BCUT2D eigenvalue weighted by molar-refractivity contribution is -0.141. The average molecular weight is 315 g/mol. The SMILES string of the molecule is CCCOc1ccc2ccccc2c1CC(NC(C)=O)C(=O)O. The monoisotopic (exact) mass is 315 g/mol. The average Bonchev–Trinajstić information content (AvgIpc) is 2.52. The Morgan fingerprint density at radius 3 is 2.61 bits per heavy atom. The van der Waals surface area contributed by atoms with E-state index < -0.39 is 12.0 Å². The van der Waals surface area contributed by atoms with Gasteiger partial charge in [0.25, 0.3) is 0 Å². The Balaban J connectivity index is 2.45. The summed E-state index contributed by atoms with van der Waals surface area (Å²) < 4.78 is 5.77. The predicted octanol–water partition coefficient (Wildman–Crippen LogP) is 2.76. The first-order valence-corrected chi connectivity index (χ1v) is 7.66. The molecule has 1 amide bonds. The summed E-state index contributed by atoms with van der Waals surface area (Å²) in [5.41, 5.74) is 0.803. The summed E-state index contributed by atoms with van der Waals surface area (Å²) in [4.78, 5) is 22.7. The molecule has 0 aliphatic heterocycles. The van der Waals surface area contributed by atoms with Gasteiger partial charge in [-0.2, -0.15) is 0 Å². The predicted molar refractivity (Wildman–Crippen MR) is 88.7 cm³/mol. The minimum atomic E-state index is -1.06. The van der Waals surface area contributed by atoms with Crippen LogP contribution < -0.4 is 10.1 Å². The highest BCUT2D eigenvalue weighted by Crippen LogP contribution is 2.29. The second-order valence-corrected chi connectivity index (χ2v) is 5.41. The number of carboxylic acids is 1. The summed E-state index contributed by atoms with van der Waals surface area (Å²) in [5.74, 6) is -0.759. The second kappa shape index (κ2) is 7.63. The highest BCUT2D eigenvalue weighted by atomic mass is 16.5. The Kier molecular flexibility index (Phi) is 5.57. The van der Waals surface area contributed by atoms with E-state index in [1.54, 1.807) is 0 Å². The van der Waals surface area contributed by atoms with Crippen molar-refractivity contribution in [3.8, 4) is 5.75 Å². The zero-order valence-electron chi connectivity index (χ0n) is 13.3. The number of aliphatic carboxylic acids is 1. The molecule has 0 heterocycles. The number of fused-ring (bicyclic) bond motifs is 1. The Labute approximate surface area is 135 Å². The molecule has 0 saturated carbocycles. The molecule has 0 aliphatic rings. The van der Waals surface area contributed by atoms with E-state index in [2.05, 4.69) is 5.32 Å². The first-order valence-electron chi connectivity index (χ1n) is 7.66.